The molecule has 0 bridgehead atoms. The van der Waals surface area contributed by atoms with Crippen molar-refractivity contribution in [3.05, 3.63) is 78.1 Å². The van der Waals surface area contributed by atoms with E-state index in [9.17, 15) is 4.79 Å². The average Bonchev–Trinajstić information content (AvgIpc) is 3.05. The first kappa shape index (κ1) is 14.5. The van der Waals surface area contributed by atoms with Crippen LogP contribution in [0, 0.1) is 0 Å². The number of fused-ring (bicyclic) bond motifs is 2. The van der Waals surface area contributed by atoms with Crippen molar-refractivity contribution in [2.75, 3.05) is 7.05 Å². The van der Waals surface area contributed by atoms with Crippen molar-refractivity contribution in [1.29, 1.82) is 0 Å². The van der Waals surface area contributed by atoms with Gasteiger partial charge in [0.15, 0.2) is 0 Å². The number of aromatic nitrogens is 2. The van der Waals surface area contributed by atoms with Gasteiger partial charge in [0.2, 0.25) is 0 Å². The van der Waals surface area contributed by atoms with Gasteiger partial charge in [-0.3, -0.25) is 9.78 Å². The lowest BCUT2D eigenvalue weighted by molar-refractivity contribution is 0.0781. The van der Waals surface area contributed by atoms with Crippen LogP contribution in [0.15, 0.2) is 66.9 Å². The van der Waals surface area contributed by atoms with Gasteiger partial charge in [0.25, 0.3) is 5.91 Å². The Morgan fingerprint density at radius 1 is 1.08 bits per heavy atom. The second kappa shape index (κ2) is 5.81. The minimum absolute atomic E-state index is 0.0212. The zero-order chi connectivity index (χ0) is 16.5. The number of carbonyl (C=O) groups excluding carboxylic acids is 1. The Morgan fingerprint density at radius 2 is 1.88 bits per heavy atom. The molecule has 0 aliphatic carbocycles. The third-order valence-corrected chi connectivity index (χ3v) is 4.25. The minimum atomic E-state index is -0.0212. The largest absolute Gasteiger partial charge is 0.351 e. The molecular weight excluding hydrogens is 298 g/mol. The molecule has 1 amide bonds. The first-order valence-electron chi connectivity index (χ1n) is 7.88. The van der Waals surface area contributed by atoms with Gasteiger partial charge in [0.1, 0.15) is 5.69 Å². The lowest BCUT2D eigenvalue weighted by Crippen LogP contribution is -2.26. The highest BCUT2D eigenvalue weighted by atomic mass is 16.2. The van der Waals surface area contributed by atoms with Crippen LogP contribution in [0.5, 0.6) is 0 Å². The van der Waals surface area contributed by atoms with E-state index in [1.807, 2.05) is 67.7 Å². The first-order chi connectivity index (χ1) is 11.7. The number of nitrogens with zero attached hydrogens (tertiary/aromatic N) is 2. The fourth-order valence-electron chi connectivity index (χ4n) is 3.01. The maximum atomic E-state index is 12.7. The van der Waals surface area contributed by atoms with Crippen LogP contribution in [-0.4, -0.2) is 27.8 Å². The molecule has 24 heavy (non-hydrogen) atoms. The smallest absolute Gasteiger partial charge is 0.270 e. The molecule has 0 saturated carbocycles. The number of rotatable bonds is 3. The summed E-state index contributed by atoms with van der Waals surface area (Å²) in [4.78, 5) is 22.0. The number of benzene rings is 2. The van der Waals surface area contributed by atoms with Gasteiger partial charge in [-0.1, -0.05) is 36.4 Å². The zero-order valence-corrected chi connectivity index (χ0v) is 13.4. The third-order valence-electron chi connectivity index (χ3n) is 4.25. The summed E-state index contributed by atoms with van der Waals surface area (Å²) in [5.41, 5.74) is 3.62. The number of hydrogen-bond donors (Lipinski definition) is 1. The number of aromatic amines is 1. The topological polar surface area (TPSA) is 49.0 Å². The molecular formula is C20H17N3O. The Balaban J connectivity index is 1.63. The van der Waals surface area contributed by atoms with Gasteiger partial charge in [0, 0.05) is 36.1 Å². The molecule has 1 N–H and O–H groups in total. The summed E-state index contributed by atoms with van der Waals surface area (Å²) in [7, 11) is 1.82. The molecule has 0 fully saturated rings. The fourth-order valence-corrected chi connectivity index (χ4v) is 3.01. The summed E-state index contributed by atoms with van der Waals surface area (Å²) < 4.78 is 0. The second-order valence-corrected chi connectivity index (χ2v) is 5.92. The predicted octanol–water partition coefficient (Wildman–Crippen LogP) is 3.99. The van der Waals surface area contributed by atoms with Crippen molar-refractivity contribution < 1.29 is 4.79 Å². The summed E-state index contributed by atoms with van der Waals surface area (Å²) in [6.45, 7) is 0.539. The average molecular weight is 315 g/mol. The van der Waals surface area contributed by atoms with E-state index in [0.717, 1.165) is 27.4 Å². The highest BCUT2D eigenvalue weighted by molar-refractivity contribution is 5.98. The van der Waals surface area contributed by atoms with Crippen molar-refractivity contribution >= 4 is 27.7 Å². The van der Waals surface area contributed by atoms with Crippen LogP contribution >= 0.6 is 0 Å². The molecule has 0 aliphatic heterocycles. The van der Waals surface area contributed by atoms with Crippen LogP contribution in [-0.2, 0) is 6.54 Å². The normalized spacial score (nSPS) is 11.0. The highest BCUT2D eigenvalue weighted by Crippen LogP contribution is 2.20. The standard InChI is InChI=1S/C20H17N3O/c1-23(13-15-10-11-21-18-9-5-3-7-16(15)18)20(24)19-12-14-6-2-4-8-17(14)22-19/h2-12,22H,13H2,1H3. The number of H-pyrrole nitrogens is 1. The van der Waals surface area contributed by atoms with E-state index in [1.165, 1.54) is 0 Å². The van der Waals surface area contributed by atoms with Crippen molar-refractivity contribution in [2.24, 2.45) is 0 Å². The summed E-state index contributed by atoms with van der Waals surface area (Å²) in [6, 6.07) is 19.8. The summed E-state index contributed by atoms with van der Waals surface area (Å²) in [5, 5.41) is 2.12. The molecule has 4 nitrogen and oxygen atoms in total. The number of hydrogen-bond acceptors (Lipinski definition) is 2. The van der Waals surface area contributed by atoms with Gasteiger partial charge in [-0.05, 0) is 29.8 Å². The molecule has 0 unspecified atom stereocenters. The summed E-state index contributed by atoms with van der Waals surface area (Å²) in [5.74, 6) is -0.0212. The fraction of sp³-hybridized carbons (Fsp3) is 0.100. The van der Waals surface area contributed by atoms with E-state index in [1.54, 1.807) is 11.1 Å². The molecule has 2 aromatic heterocycles. The van der Waals surface area contributed by atoms with Crippen LogP contribution in [0.1, 0.15) is 16.1 Å². The maximum Gasteiger partial charge on any atom is 0.270 e. The lowest BCUT2D eigenvalue weighted by atomic mass is 10.1. The van der Waals surface area contributed by atoms with E-state index in [-0.39, 0.29) is 5.91 Å². The molecule has 0 spiro atoms. The molecule has 2 aromatic carbocycles. The van der Waals surface area contributed by atoms with E-state index in [4.69, 9.17) is 0 Å². The summed E-state index contributed by atoms with van der Waals surface area (Å²) in [6.07, 6.45) is 1.79. The van der Waals surface area contributed by atoms with E-state index in [0.29, 0.717) is 12.2 Å². The van der Waals surface area contributed by atoms with Gasteiger partial charge in [-0.2, -0.15) is 0 Å². The van der Waals surface area contributed by atoms with Crippen molar-refractivity contribution in [1.82, 2.24) is 14.9 Å². The SMILES string of the molecule is CN(Cc1ccnc2ccccc12)C(=O)c1cc2ccccc2[nH]1. The Labute approximate surface area is 139 Å². The molecule has 4 aromatic rings. The van der Waals surface area contributed by atoms with Gasteiger partial charge in [-0.25, -0.2) is 0 Å². The molecule has 118 valence electrons. The van der Waals surface area contributed by atoms with Gasteiger partial charge in [0.05, 0.1) is 5.52 Å². The number of nitrogens with one attached hydrogen (secondary N) is 1. The van der Waals surface area contributed by atoms with Crippen molar-refractivity contribution in [3.8, 4) is 0 Å². The molecule has 2 heterocycles. The lowest BCUT2D eigenvalue weighted by Gasteiger charge is -2.17. The Bertz CT molecular complexity index is 997. The number of amides is 1. The van der Waals surface area contributed by atoms with Gasteiger partial charge < -0.3 is 9.88 Å². The number of pyridine rings is 1. The number of carbonyl (C=O) groups is 1. The summed E-state index contributed by atoms with van der Waals surface area (Å²) >= 11 is 0. The molecule has 0 atom stereocenters. The molecule has 0 radical (unpaired) electrons. The third kappa shape index (κ3) is 2.52. The van der Waals surface area contributed by atoms with E-state index in [2.05, 4.69) is 9.97 Å². The zero-order valence-electron chi connectivity index (χ0n) is 13.4. The van der Waals surface area contributed by atoms with Crippen LogP contribution in [0.2, 0.25) is 0 Å². The van der Waals surface area contributed by atoms with Crippen LogP contribution in [0.25, 0.3) is 21.8 Å². The highest BCUT2D eigenvalue weighted by Gasteiger charge is 2.15. The van der Waals surface area contributed by atoms with Crippen LogP contribution < -0.4 is 0 Å². The quantitative estimate of drug-likeness (QED) is 0.621. The molecule has 4 rings (SSSR count). The van der Waals surface area contributed by atoms with Crippen LogP contribution in [0.4, 0.5) is 0 Å². The Morgan fingerprint density at radius 3 is 2.75 bits per heavy atom. The van der Waals surface area contributed by atoms with Gasteiger partial charge in [-0.15, -0.1) is 0 Å². The van der Waals surface area contributed by atoms with Gasteiger partial charge >= 0.3 is 0 Å². The monoisotopic (exact) mass is 315 g/mol. The molecule has 0 saturated heterocycles. The molecule has 0 aliphatic rings. The predicted molar refractivity (Wildman–Crippen MR) is 95.8 cm³/mol. The van der Waals surface area contributed by atoms with Crippen molar-refractivity contribution in [2.45, 2.75) is 6.54 Å². The second-order valence-electron chi connectivity index (χ2n) is 5.92. The number of para-hydroxylation sites is 2. The van der Waals surface area contributed by atoms with E-state index < -0.39 is 0 Å². The first-order valence-corrected chi connectivity index (χ1v) is 7.88. The van der Waals surface area contributed by atoms with E-state index >= 15 is 0 Å². The molecule has 4 heteroatoms. The Hall–Kier alpha value is -3.14. The minimum Gasteiger partial charge on any atom is -0.351 e. The Kier molecular flexibility index (Phi) is 3.50. The van der Waals surface area contributed by atoms with Crippen molar-refractivity contribution in [3.63, 3.8) is 0 Å². The van der Waals surface area contributed by atoms with Crippen LogP contribution in [0.3, 0.4) is 0 Å². The maximum absolute atomic E-state index is 12.7.